The number of esters is 1. The Morgan fingerprint density at radius 1 is 1.20 bits per heavy atom. The smallest absolute Gasteiger partial charge is 0.349 e. The second-order valence-corrected chi connectivity index (χ2v) is 8.84. The average Bonchev–Trinajstić information content (AvgIpc) is 3.11. The minimum atomic E-state index is -3.94. The Labute approximate surface area is 174 Å². The minimum absolute atomic E-state index is 0.102. The molecule has 156 valence electrons. The van der Waals surface area contributed by atoms with Gasteiger partial charge in [-0.3, -0.25) is 14.9 Å². The molecule has 0 saturated carbocycles. The van der Waals surface area contributed by atoms with Crippen molar-refractivity contribution in [2.45, 2.75) is 17.9 Å². The van der Waals surface area contributed by atoms with E-state index < -0.39 is 32.9 Å². The molecule has 0 bridgehead atoms. The minimum Gasteiger partial charge on any atom is -0.448 e. The number of thiophene rings is 1. The van der Waals surface area contributed by atoms with Crippen LogP contribution in [0, 0.1) is 10.1 Å². The number of benzene rings is 2. The van der Waals surface area contributed by atoms with Gasteiger partial charge in [-0.05, 0) is 37.3 Å². The fourth-order valence-corrected chi connectivity index (χ4v) is 4.00. The van der Waals surface area contributed by atoms with Gasteiger partial charge in [-0.15, -0.1) is 11.3 Å². The fourth-order valence-electron chi connectivity index (χ4n) is 2.51. The molecular weight excluding hydrogens is 434 g/mol. The van der Waals surface area contributed by atoms with Gasteiger partial charge in [0.25, 0.3) is 11.6 Å². The van der Waals surface area contributed by atoms with Gasteiger partial charge in [-0.25, -0.2) is 18.4 Å². The topological polar surface area (TPSA) is 159 Å². The van der Waals surface area contributed by atoms with E-state index in [0.29, 0.717) is 10.1 Å². The van der Waals surface area contributed by atoms with Crippen LogP contribution >= 0.6 is 11.3 Å². The number of non-ortho nitro benzene ring substituents is 1. The number of anilines is 1. The van der Waals surface area contributed by atoms with Gasteiger partial charge in [-0.1, -0.05) is 6.07 Å². The summed E-state index contributed by atoms with van der Waals surface area (Å²) >= 11 is 1.08. The summed E-state index contributed by atoms with van der Waals surface area (Å²) in [5.74, 6) is -1.44. The van der Waals surface area contributed by atoms with Crippen molar-refractivity contribution in [1.82, 2.24) is 0 Å². The second kappa shape index (κ2) is 8.18. The average molecular weight is 449 g/mol. The monoisotopic (exact) mass is 449 g/mol. The van der Waals surface area contributed by atoms with Gasteiger partial charge in [-0.2, -0.15) is 0 Å². The molecule has 1 amide bonds. The van der Waals surface area contributed by atoms with Crippen molar-refractivity contribution in [3.05, 3.63) is 63.5 Å². The van der Waals surface area contributed by atoms with Gasteiger partial charge < -0.3 is 10.1 Å². The molecule has 0 aliphatic rings. The number of amides is 1. The number of nitro benzene ring substituents is 1. The number of hydrogen-bond acceptors (Lipinski definition) is 8. The van der Waals surface area contributed by atoms with E-state index in [1.165, 1.54) is 55.5 Å². The van der Waals surface area contributed by atoms with Crippen molar-refractivity contribution in [1.29, 1.82) is 0 Å². The third-order valence-electron chi connectivity index (χ3n) is 4.00. The van der Waals surface area contributed by atoms with E-state index in [9.17, 15) is 28.1 Å². The quantitative estimate of drug-likeness (QED) is 0.332. The van der Waals surface area contributed by atoms with Gasteiger partial charge >= 0.3 is 5.97 Å². The molecule has 0 aliphatic carbocycles. The summed E-state index contributed by atoms with van der Waals surface area (Å²) in [5, 5.41) is 18.9. The van der Waals surface area contributed by atoms with Crippen LogP contribution in [0.2, 0.25) is 0 Å². The van der Waals surface area contributed by atoms with Gasteiger partial charge in [0, 0.05) is 27.9 Å². The molecule has 1 unspecified atom stereocenters. The van der Waals surface area contributed by atoms with Gasteiger partial charge in [0.05, 0.1) is 9.82 Å². The summed E-state index contributed by atoms with van der Waals surface area (Å²) in [6, 6.07) is 11.0. The highest BCUT2D eigenvalue weighted by molar-refractivity contribution is 7.89. The zero-order valence-electron chi connectivity index (χ0n) is 15.4. The van der Waals surface area contributed by atoms with E-state index in [0.717, 1.165) is 11.3 Å². The molecular formula is C18H15N3O7S2. The summed E-state index contributed by atoms with van der Waals surface area (Å²) < 4.78 is 28.6. The highest BCUT2D eigenvalue weighted by Crippen LogP contribution is 2.29. The van der Waals surface area contributed by atoms with E-state index in [4.69, 9.17) is 9.88 Å². The third-order valence-corrected chi connectivity index (χ3v) is 6.00. The molecule has 12 heteroatoms. The highest BCUT2D eigenvalue weighted by atomic mass is 32.2. The number of sulfonamides is 1. The van der Waals surface area contributed by atoms with Crippen LogP contribution in [0.4, 0.5) is 11.4 Å². The first-order valence-electron chi connectivity index (χ1n) is 8.37. The predicted octanol–water partition coefficient (Wildman–Crippen LogP) is 2.64. The maximum Gasteiger partial charge on any atom is 0.349 e. The molecule has 3 rings (SSSR count). The number of ether oxygens (including phenoxy) is 1. The summed E-state index contributed by atoms with van der Waals surface area (Å²) in [6.45, 7) is 1.36. The Kier molecular flexibility index (Phi) is 5.82. The van der Waals surface area contributed by atoms with Crippen LogP contribution < -0.4 is 10.5 Å². The number of nitrogens with zero attached hydrogens (tertiary/aromatic N) is 1. The fraction of sp³-hybridized carbons (Fsp3) is 0.111. The molecule has 30 heavy (non-hydrogen) atoms. The van der Waals surface area contributed by atoms with Gasteiger partial charge in [0.15, 0.2) is 6.10 Å². The lowest BCUT2D eigenvalue weighted by Gasteiger charge is -2.13. The second-order valence-electron chi connectivity index (χ2n) is 6.20. The molecule has 3 aromatic rings. The molecule has 0 spiro atoms. The van der Waals surface area contributed by atoms with Crippen LogP contribution in [-0.4, -0.2) is 31.3 Å². The van der Waals surface area contributed by atoms with Crippen molar-refractivity contribution in [3.63, 3.8) is 0 Å². The molecule has 1 heterocycles. The van der Waals surface area contributed by atoms with Crippen LogP contribution in [0.5, 0.6) is 0 Å². The van der Waals surface area contributed by atoms with Crippen LogP contribution in [0.15, 0.2) is 53.4 Å². The number of nitrogens with one attached hydrogen (secondary N) is 1. The number of primary sulfonamides is 1. The largest absolute Gasteiger partial charge is 0.448 e. The van der Waals surface area contributed by atoms with E-state index in [1.807, 2.05) is 0 Å². The Hall–Kier alpha value is -3.35. The Morgan fingerprint density at radius 3 is 2.60 bits per heavy atom. The number of hydrogen-bond donors (Lipinski definition) is 2. The number of carbonyl (C=O) groups excluding carboxylic acids is 2. The van der Waals surface area contributed by atoms with Crippen LogP contribution in [0.1, 0.15) is 16.6 Å². The summed E-state index contributed by atoms with van der Waals surface area (Å²) in [7, 11) is -3.94. The van der Waals surface area contributed by atoms with Crippen LogP contribution in [0.25, 0.3) is 10.1 Å². The maximum atomic E-state index is 12.4. The lowest BCUT2D eigenvalue weighted by Crippen LogP contribution is -2.29. The SMILES string of the molecule is CC(OC(=O)c1cc2cc([N+](=O)[O-])ccc2s1)C(=O)Nc1cccc(S(N)(=O)=O)c1. The van der Waals surface area contributed by atoms with Crippen LogP contribution in [-0.2, 0) is 19.6 Å². The van der Waals surface area contributed by atoms with E-state index in [-0.39, 0.29) is 21.1 Å². The first-order valence-corrected chi connectivity index (χ1v) is 10.7. The molecule has 0 saturated heterocycles. The lowest BCUT2D eigenvalue weighted by molar-refractivity contribution is -0.384. The van der Waals surface area contributed by atoms with E-state index in [1.54, 1.807) is 0 Å². The van der Waals surface area contributed by atoms with Gasteiger partial charge in [0.1, 0.15) is 4.88 Å². The third kappa shape index (κ3) is 4.79. The van der Waals surface area contributed by atoms with Crippen molar-refractivity contribution in [2.75, 3.05) is 5.32 Å². The molecule has 0 radical (unpaired) electrons. The van der Waals surface area contributed by atoms with Crippen molar-refractivity contribution < 1.29 is 27.7 Å². The number of nitro groups is 1. The van der Waals surface area contributed by atoms with Crippen molar-refractivity contribution in [3.8, 4) is 0 Å². The number of nitrogens with two attached hydrogens (primary N) is 1. The lowest BCUT2D eigenvalue weighted by atomic mass is 10.2. The van der Waals surface area contributed by atoms with E-state index >= 15 is 0 Å². The Bertz CT molecular complexity index is 1270. The van der Waals surface area contributed by atoms with Gasteiger partial charge in [0.2, 0.25) is 10.0 Å². The van der Waals surface area contributed by atoms with E-state index in [2.05, 4.69) is 5.32 Å². The number of rotatable bonds is 6. The molecule has 2 aromatic carbocycles. The maximum absolute atomic E-state index is 12.4. The molecule has 10 nitrogen and oxygen atoms in total. The molecule has 1 aromatic heterocycles. The summed E-state index contributed by atoms with van der Waals surface area (Å²) in [4.78, 5) is 35.0. The first kappa shape index (κ1) is 21.4. The zero-order chi connectivity index (χ0) is 22.1. The number of carbonyl (C=O) groups is 2. The van der Waals surface area contributed by atoms with Crippen molar-refractivity contribution >= 4 is 54.7 Å². The zero-order valence-corrected chi connectivity index (χ0v) is 17.0. The summed E-state index contributed by atoms with van der Waals surface area (Å²) in [6.07, 6.45) is -1.19. The first-order chi connectivity index (χ1) is 14.0. The predicted molar refractivity (Wildman–Crippen MR) is 110 cm³/mol. The van der Waals surface area contributed by atoms with Crippen molar-refractivity contribution in [2.24, 2.45) is 5.14 Å². The molecule has 1 atom stereocenters. The highest BCUT2D eigenvalue weighted by Gasteiger charge is 2.21. The van der Waals surface area contributed by atoms with Crippen LogP contribution in [0.3, 0.4) is 0 Å². The Morgan fingerprint density at radius 2 is 1.93 bits per heavy atom. The standard InChI is InChI=1S/C18H15N3O7S2/c1-10(17(22)20-12-3-2-4-14(9-12)30(19,26)27)28-18(23)16-8-11-7-13(21(24)25)5-6-15(11)29-16/h2-10H,1H3,(H,20,22)(H2,19,26,27). The normalized spacial score (nSPS) is 12.3. The Balaban J connectivity index is 1.70. The molecule has 0 aliphatic heterocycles. The molecule has 3 N–H and O–H groups in total. The summed E-state index contributed by atoms with van der Waals surface area (Å²) in [5.41, 5.74) is 0.0679. The molecule has 0 fully saturated rings. The number of fused-ring (bicyclic) bond motifs is 1.